The van der Waals surface area contributed by atoms with E-state index in [0.29, 0.717) is 5.75 Å². The number of nitrogens with zero attached hydrogens (tertiary/aromatic N) is 1. The lowest BCUT2D eigenvalue weighted by atomic mass is 10.3. The molecular weight excluding hydrogens is 209 g/mol. The van der Waals surface area contributed by atoms with E-state index in [-0.39, 0.29) is 17.1 Å². The molecule has 0 atom stereocenters. The summed E-state index contributed by atoms with van der Waals surface area (Å²) >= 11 is 5.48. The van der Waals surface area contributed by atoms with E-state index >= 15 is 0 Å². The van der Waals surface area contributed by atoms with Gasteiger partial charge in [-0.2, -0.15) is 4.98 Å². The van der Waals surface area contributed by atoms with Gasteiger partial charge in [0, 0.05) is 0 Å². The molecule has 0 aliphatic rings. The molecule has 72 valence electrons. The van der Waals surface area contributed by atoms with Crippen LogP contribution in [0.2, 0.25) is 5.22 Å². The highest BCUT2D eigenvalue weighted by Crippen LogP contribution is 2.22. The summed E-state index contributed by atoms with van der Waals surface area (Å²) in [5.41, 5.74) is 0. The second kappa shape index (κ2) is 3.67. The Morgan fingerprint density at radius 1 is 1.29 bits per heavy atom. The summed E-state index contributed by atoms with van der Waals surface area (Å²) in [6.45, 7) is 0. The molecule has 0 spiro atoms. The van der Waals surface area contributed by atoms with Crippen molar-refractivity contribution >= 4 is 11.6 Å². The number of hydrogen-bond acceptors (Lipinski definition) is 3. The van der Waals surface area contributed by atoms with E-state index in [9.17, 15) is 4.39 Å². The molecule has 0 saturated carbocycles. The van der Waals surface area contributed by atoms with E-state index < -0.39 is 0 Å². The highest BCUT2D eigenvalue weighted by atomic mass is 35.5. The van der Waals surface area contributed by atoms with Crippen LogP contribution < -0.4 is 4.74 Å². The summed E-state index contributed by atoms with van der Waals surface area (Å²) in [4.78, 5) is 3.72. The van der Waals surface area contributed by atoms with Gasteiger partial charge in [-0.25, -0.2) is 4.39 Å². The van der Waals surface area contributed by atoms with Gasteiger partial charge in [-0.05, 0) is 35.9 Å². The van der Waals surface area contributed by atoms with Crippen molar-refractivity contribution in [1.82, 2.24) is 4.98 Å². The van der Waals surface area contributed by atoms with Crippen molar-refractivity contribution in [1.29, 1.82) is 0 Å². The third kappa shape index (κ3) is 2.03. The molecule has 0 bridgehead atoms. The second-order valence-corrected chi connectivity index (χ2v) is 2.86. The molecule has 0 fully saturated rings. The maximum atomic E-state index is 12.5. The number of halogens is 2. The summed E-state index contributed by atoms with van der Waals surface area (Å²) in [6, 6.07) is 5.49. The lowest BCUT2D eigenvalue weighted by molar-refractivity contribution is 0.331. The van der Waals surface area contributed by atoms with Crippen molar-refractivity contribution in [3.63, 3.8) is 0 Å². The van der Waals surface area contributed by atoms with Gasteiger partial charge in [0.05, 0.1) is 6.20 Å². The van der Waals surface area contributed by atoms with Gasteiger partial charge in [0.2, 0.25) is 5.22 Å². The SMILES string of the molecule is Fc1ccc(Oc2ncc(Cl)o2)cc1. The first-order valence-electron chi connectivity index (χ1n) is 3.79. The van der Waals surface area contributed by atoms with Crippen LogP contribution in [0.1, 0.15) is 0 Å². The standard InChI is InChI=1S/C9H5ClFNO2/c10-8-5-12-9(14-8)13-7-3-1-6(11)2-4-7/h1-5H. The van der Waals surface area contributed by atoms with Crippen molar-refractivity contribution in [2.45, 2.75) is 0 Å². The number of aromatic nitrogens is 1. The Morgan fingerprint density at radius 2 is 2.00 bits per heavy atom. The Balaban J connectivity index is 2.15. The molecule has 0 aliphatic carbocycles. The van der Waals surface area contributed by atoms with Gasteiger partial charge < -0.3 is 9.15 Å². The van der Waals surface area contributed by atoms with Crippen LogP contribution in [0.15, 0.2) is 34.9 Å². The highest BCUT2D eigenvalue weighted by Gasteiger charge is 2.03. The van der Waals surface area contributed by atoms with Crippen LogP contribution in [0.25, 0.3) is 0 Å². The zero-order chi connectivity index (χ0) is 9.97. The van der Waals surface area contributed by atoms with Crippen LogP contribution in [-0.4, -0.2) is 4.98 Å². The predicted octanol–water partition coefficient (Wildman–Crippen LogP) is 3.26. The number of ether oxygens (including phenoxy) is 1. The van der Waals surface area contributed by atoms with Gasteiger partial charge in [0.1, 0.15) is 11.6 Å². The van der Waals surface area contributed by atoms with E-state index in [0.717, 1.165) is 0 Å². The Labute approximate surface area is 84.1 Å². The first-order valence-corrected chi connectivity index (χ1v) is 4.16. The van der Waals surface area contributed by atoms with E-state index in [1.807, 2.05) is 0 Å². The van der Waals surface area contributed by atoms with Crippen molar-refractivity contribution in [2.24, 2.45) is 0 Å². The fourth-order valence-corrected chi connectivity index (χ4v) is 1.01. The van der Waals surface area contributed by atoms with Crippen LogP contribution in [0.4, 0.5) is 4.39 Å². The molecule has 0 amide bonds. The number of benzene rings is 1. The largest absolute Gasteiger partial charge is 0.411 e. The van der Waals surface area contributed by atoms with Gasteiger partial charge in [-0.1, -0.05) is 0 Å². The topological polar surface area (TPSA) is 35.3 Å². The van der Waals surface area contributed by atoms with Gasteiger partial charge in [0.25, 0.3) is 0 Å². The number of rotatable bonds is 2. The zero-order valence-corrected chi connectivity index (χ0v) is 7.66. The average Bonchev–Trinajstić information content (AvgIpc) is 2.56. The molecule has 2 aromatic rings. The molecular formula is C9H5ClFNO2. The molecule has 0 aliphatic heterocycles. The van der Waals surface area contributed by atoms with Crippen molar-refractivity contribution in [3.8, 4) is 11.8 Å². The minimum absolute atomic E-state index is 0.0293. The summed E-state index contributed by atoms with van der Waals surface area (Å²) < 4.78 is 22.5. The molecule has 1 aromatic heterocycles. The van der Waals surface area contributed by atoms with Crippen LogP contribution in [0.5, 0.6) is 11.8 Å². The van der Waals surface area contributed by atoms with E-state index in [1.165, 1.54) is 30.5 Å². The number of hydrogen-bond donors (Lipinski definition) is 0. The molecule has 5 heteroatoms. The van der Waals surface area contributed by atoms with Crippen molar-refractivity contribution < 1.29 is 13.5 Å². The van der Waals surface area contributed by atoms with Crippen LogP contribution in [0, 0.1) is 5.82 Å². The molecule has 2 rings (SSSR count). The van der Waals surface area contributed by atoms with Gasteiger partial charge in [0.15, 0.2) is 0 Å². The maximum absolute atomic E-state index is 12.5. The highest BCUT2D eigenvalue weighted by molar-refractivity contribution is 6.28. The first-order chi connectivity index (χ1) is 6.74. The molecule has 3 nitrogen and oxygen atoms in total. The molecule has 1 heterocycles. The molecule has 0 saturated heterocycles. The van der Waals surface area contributed by atoms with Crippen molar-refractivity contribution in [2.75, 3.05) is 0 Å². The van der Waals surface area contributed by atoms with Crippen LogP contribution in [0.3, 0.4) is 0 Å². The van der Waals surface area contributed by atoms with Gasteiger partial charge >= 0.3 is 6.08 Å². The lowest BCUT2D eigenvalue weighted by Crippen LogP contribution is -1.83. The van der Waals surface area contributed by atoms with Gasteiger partial charge in [-0.3, -0.25) is 0 Å². The number of oxazole rings is 1. The van der Waals surface area contributed by atoms with E-state index in [4.69, 9.17) is 20.8 Å². The summed E-state index contributed by atoms with van der Waals surface area (Å²) in [5, 5.41) is 0.141. The average molecular weight is 214 g/mol. The first kappa shape index (κ1) is 9.02. The Kier molecular flexibility index (Phi) is 2.37. The molecule has 0 N–H and O–H groups in total. The Morgan fingerprint density at radius 3 is 2.57 bits per heavy atom. The molecule has 1 aromatic carbocycles. The van der Waals surface area contributed by atoms with Crippen LogP contribution >= 0.6 is 11.6 Å². The maximum Gasteiger partial charge on any atom is 0.400 e. The minimum Gasteiger partial charge on any atom is -0.411 e. The van der Waals surface area contributed by atoms with Crippen LogP contribution in [-0.2, 0) is 0 Å². The predicted molar refractivity (Wildman–Crippen MR) is 48.0 cm³/mol. The lowest BCUT2D eigenvalue weighted by Gasteiger charge is -1.98. The third-order valence-corrected chi connectivity index (χ3v) is 1.65. The Hall–Kier alpha value is -1.55. The summed E-state index contributed by atoms with van der Waals surface area (Å²) in [6.07, 6.45) is 1.35. The molecule has 14 heavy (non-hydrogen) atoms. The minimum atomic E-state index is -0.331. The quantitative estimate of drug-likeness (QED) is 0.768. The Bertz CT molecular complexity index is 427. The third-order valence-electron chi connectivity index (χ3n) is 1.48. The zero-order valence-electron chi connectivity index (χ0n) is 6.91. The molecule has 0 radical (unpaired) electrons. The van der Waals surface area contributed by atoms with Gasteiger partial charge in [-0.15, -0.1) is 0 Å². The molecule has 0 unspecified atom stereocenters. The van der Waals surface area contributed by atoms with Crippen molar-refractivity contribution in [3.05, 3.63) is 41.5 Å². The fraction of sp³-hybridized carbons (Fsp3) is 0. The van der Waals surface area contributed by atoms with E-state index in [1.54, 1.807) is 0 Å². The normalized spacial score (nSPS) is 10.1. The smallest absolute Gasteiger partial charge is 0.400 e. The fourth-order valence-electron chi connectivity index (χ4n) is 0.890. The summed E-state index contributed by atoms with van der Waals surface area (Å²) in [7, 11) is 0. The monoisotopic (exact) mass is 213 g/mol. The second-order valence-electron chi connectivity index (χ2n) is 2.49. The van der Waals surface area contributed by atoms with E-state index in [2.05, 4.69) is 4.98 Å². The summed E-state index contributed by atoms with van der Waals surface area (Å²) in [5.74, 6) is 0.104.